The van der Waals surface area contributed by atoms with Crippen LogP contribution in [0.2, 0.25) is 0 Å². The van der Waals surface area contributed by atoms with E-state index in [1.807, 2.05) is 0 Å². The van der Waals surface area contributed by atoms with Crippen molar-refractivity contribution in [3.8, 4) is 5.75 Å². The van der Waals surface area contributed by atoms with Crippen molar-refractivity contribution in [1.29, 1.82) is 0 Å². The number of amides is 2. The number of carboxylic acid groups (broad SMARTS) is 1. The number of aliphatic carboxylic acids is 1. The van der Waals surface area contributed by atoms with Crippen LogP contribution in [-0.2, 0) is 33.9 Å². The number of β-lactam (4-membered cyclic amide) rings is 1. The Morgan fingerprint density at radius 2 is 2.00 bits per heavy atom. The summed E-state index contributed by atoms with van der Waals surface area (Å²) < 4.78 is 41.1. The Hall–Kier alpha value is -4.83. The number of rotatable bonds is 14. The molecule has 2 atom stereocenters. The minimum absolute atomic E-state index is 0.0510. The molecular weight excluding hydrogens is 662 g/mol. The number of pyridine rings is 1. The van der Waals surface area contributed by atoms with E-state index >= 15 is 0 Å². The van der Waals surface area contributed by atoms with Crippen molar-refractivity contribution in [1.82, 2.24) is 25.7 Å². The molecule has 47 heavy (non-hydrogen) atoms. The normalized spacial score (nSPS) is 18.6. The fourth-order valence-corrected chi connectivity index (χ4v) is 5.61. The molecule has 19 nitrogen and oxygen atoms in total. The van der Waals surface area contributed by atoms with Crippen LogP contribution in [0.3, 0.4) is 0 Å². The van der Waals surface area contributed by atoms with Crippen molar-refractivity contribution in [3.05, 3.63) is 35.3 Å². The van der Waals surface area contributed by atoms with Gasteiger partial charge in [0.15, 0.2) is 10.8 Å². The molecule has 5 rings (SSSR count). The van der Waals surface area contributed by atoms with Crippen molar-refractivity contribution in [2.45, 2.75) is 31.5 Å². The number of carbonyl (C=O) groups excluding carboxylic acids is 2. The van der Waals surface area contributed by atoms with E-state index in [1.54, 1.807) is 24.3 Å². The molecule has 0 saturated carbocycles. The first-order chi connectivity index (χ1) is 22.1. The third-order valence-electron chi connectivity index (χ3n) is 7.30. The number of carboxylic acids is 1. The Bertz CT molecular complexity index is 1850. The number of carbonyl (C=O) groups is 3. The fourth-order valence-electron chi connectivity index (χ4n) is 4.61. The van der Waals surface area contributed by atoms with E-state index in [0.29, 0.717) is 33.4 Å². The maximum Gasteiger partial charge on any atom is 0.418 e. The zero-order valence-corrected chi connectivity index (χ0v) is 26.5. The third kappa shape index (κ3) is 7.60. The molecule has 1 aromatic carbocycles. The number of hydrogen-bond donors (Lipinski definition) is 7. The Balaban J connectivity index is 1.27. The van der Waals surface area contributed by atoms with E-state index in [1.165, 1.54) is 19.2 Å². The predicted octanol–water partition coefficient (Wildman–Crippen LogP) is -0.420. The lowest BCUT2D eigenvalue weighted by molar-refractivity contribution is -0.218. The molecule has 2 aliphatic rings. The van der Waals surface area contributed by atoms with Crippen molar-refractivity contribution in [3.63, 3.8) is 0 Å². The minimum Gasteiger partial charge on any atom is -0.489 e. The van der Waals surface area contributed by atoms with Gasteiger partial charge in [0, 0.05) is 48.1 Å². The van der Waals surface area contributed by atoms with E-state index in [9.17, 15) is 27.9 Å². The summed E-state index contributed by atoms with van der Waals surface area (Å²) in [5.41, 5.74) is 10.9. The van der Waals surface area contributed by atoms with E-state index < -0.39 is 58.2 Å². The lowest BCUT2D eigenvalue weighted by Gasteiger charge is -2.50. The first kappa shape index (κ1) is 33.5. The van der Waals surface area contributed by atoms with Crippen LogP contribution in [0.25, 0.3) is 10.9 Å². The quantitative estimate of drug-likeness (QED) is 0.0488. The van der Waals surface area contributed by atoms with E-state index in [4.69, 9.17) is 25.6 Å². The minimum atomic E-state index is -5.02. The first-order valence-corrected chi connectivity index (χ1v) is 16.1. The van der Waals surface area contributed by atoms with Gasteiger partial charge in [-0.05, 0) is 32.0 Å². The van der Waals surface area contributed by atoms with Gasteiger partial charge >= 0.3 is 16.4 Å². The summed E-state index contributed by atoms with van der Waals surface area (Å²) in [5.74, 6) is -2.10. The maximum atomic E-state index is 13.2. The average molecular weight is 694 g/mol. The highest BCUT2D eigenvalue weighted by molar-refractivity contribution is 7.80. The number of hydroxylamine groups is 2. The molecule has 2 unspecified atom stereocenters. The number of hydrogen-bond acceptors (Lipinski definition) is 16. The molecule has 2 aromatic heterocycles. The van der Waals surface area contributed by atoms with Crippen molar-refractivity contribution >= 4 is 72.8 Å². The molecule has 0 bridgehead atoms. The summed E-state index contributed by atoms with van der Waals surface area (Å²) in [6.45, 7) is 4.80. The monoisotopic (exact) mass is 693 g/mol. The number of thiazole rings is 1. The van der Waals surface area contributed by atoms with Gasteiger partial charge in [-0.15, -0.1) is 15.6 Å². The largest absolute Gasteiger partial charge is 0.489 e. The number of fused-ring (bicyclic) bond motifs is 1. The van der Waals surface area contributed by atoms with Crippen molar-refractivity contribution in [2.75, 3.05) is 43.0 Å². The Labute approximate surface area is 271 Å². The first-order valence-electron chi connectivity index (χ1n) is 13.9. The smallest absolute Gasteiger partial charge is 0.418 e. The van der Waals surface area contributed by atoms with Gasteiger partial charge < -0.3 is 42.1 Å². The molecule has 2 fully saturated rings. The summed E-state index contributed by atoms with van der Waals surface area (Å²) in [6, 6.07) is 5.22. The van der Waals surface area contributed by atoms with Gasteiger partial charge in [0.25, 0.3) is 17.9 Å². The molecule has 0 aliphatic carbocycles. The second-order valence-electron chi connectivity index (χ2n) is 11.1. The van der Waals surface area contributed by atoms with Crippen LogP contribution >= 0.6 is 11.3 Å². The van der Waals surface area contributed by atoms with Crippen LogP contribution in [0.4, 0.5) is 16.6 Å². The molecule has 2 aliphatic heterocycles. The second-order valence-corrected chi connectivity index (χ2v) is 13.0. The molecule has 0 spiro atoms. The van der Waals surface area contributed by atoms with Gasteiger partial charge in [-0.3, -0.25) is 14.1 Å². The third-order valence-corrected chi connectivity index (χ3v) is 8.31. The number of nitrogen functional groups attached to an aromatic ring is 2. The van der Waals surface area contributed by atoms with Crippen LogP contribution in [-0.4, -0.2) is 101 Å². The molecule has 3 aromatic rings. The molecule has 4 heterocycles. The molecule has 2 saturated heterocycles. The number of nitrogens with two attached hydrogens (primary N) is 2. The van der Waals surface area contributed by atoms with Gasteiger partial charge in [-0.2, -0.15) is 13.5 Å². The number of nitrogens with zero attached hydrogens (tertiary/aromatic N) is 4. The Kier molecular flexibility index (Phi) is 9.36. The van der Waals surface area contributed by atoms with Crippen LogP contribution in [0.15, 0.2) is 34.8 Å². The van der Waals surface area contributed by atoms with E-state index in [0.717, 1.165) is 31.0 Å². The maximum absolute atomic E-state index is 13.2. The lowest BCUT2D eigenvalue weighted by Crippen LogP contribution is -2.76. The number of ether oxygens (including phenoxy) is 1. The highest BCUT2D eigenvalue weighted by Gasteiger charge is 2.58. The molecule has 9 N–H and O–H groups in total. The molecular formula is C26H31N9O10S2. The van der Waals surface area contributed by atoms with E-state index in [-0.39, 0.29) is 16.6 Å². The number of oxime groups is 1. The summed E-state index contributed by atoms with van der Waals surface area (Å²) in [7, 11) is -5.02. The van der Waals surface area contributed by atoms with E-state index in [2.05, 4.69) is 35.4 Å². The molecule has 252 valence electrons. The van der Waals surface area contributed by atoms with Crippen molar-refractivity contribution < 1.29 is 46.3 Å². The summed E-state index contributed by atoms with van der Waals surface area (Å²) in [6.07, 6.45) is -1.71. The standard InChI is InChI=1S/C26H31N9O10S2/c1-26(2)21(23(37)35(26)45-47(40,41)42)33-22(36)20(17-11-46-25(28)32-17)34-44-18(24(38)39)10-43-13-3-4-16-14(5-13)15(27)6-19(31-16)30-9-12-7-29-8-12/h3-6,11-12,18,21,29H,7-10H2,1-2H3,(H2,28,32)(H,33,36)(H,38,39)(H3,27,30,31)(H,40,41,42). The topological polar surface area (TPSA) is 283 Å². The van der Waals surface area contributed by atoms with Gasteiger partial charge in [0.05, 0.1) is 11.1 Å². The van der Waals surface area contributed by atoms with Crippen LogP contribution in [0, 0.1) is 5.92 Å². The number of anilines is 3. The summed E-state index contributed by atoms with van der Waals surface area (Å²) >= 11 is 0.952. The SMILES string of the molecule is CC1(C)C(NC(=O)C(=NOC(COc2ccc3nc(NCC4CNC4)cc(N)c3c2)C(=O)O)c2csc(N)n2)C(=O)N1OS(=O)(=O)O. The Morgan fingerprint density at radius 3 is 2.60 bits per heavy atom. The molecule has 0 radical (unpaired) electrons. The second kappa shape index (κ2) is 13.1. The van der Waals surface area contributed by atoms with Crippen molar-refractivity contribution in [2.24, 2.45) is 11.1 Å². The van der Waals surface area contributed by atoms with Crippen LogP contribution < -0.4 is 32.2 Å². The zero-order chi connectivity index (χ0) is 34.1. The number of aromatic nitrogens is 2. The van der Waals surface area contributed by atoms with Gasteiger partial charge in [0.2, 0.25) is 0 Å². The highest BCUT2D eigenvalue weighted by atomic mass is 32.3. The van der Waals surface area contributed by atoms with Gasteiger partial charge in [0.1, 0.15) is 29.9 Å². The zero-order valence-electron chi connectivity index (χ0n) is 24.9. The predicted molar refractivity (Wildman–Crippen MR) is 168 cm³/mol. The fraction of sp³-hybridized carbons (Fsp3) is 0.385. The van der Waals surface area contributed by atoms with Crippen LogP contribution in [0.1, 0.15) is 19.5 Å². The van der Waals surface area contributed by atoms with Gasteiger partial charge in [-0.1, -0.05) is 5.16 Å². The summed E-state index contributed by atoms with van der Waals surface area (Å²) in [5, 5.41) is 24.7. The summed E-state index contributed by atoms with van der Waals surface area (Å²) in [4.78, 5) is 51.5. The molecule has 21 heteroatoms. The Morgan fingerprint density at radius 1 is 1.26 bits per heavy atom. The van der Waals surface area contributed by atoms with Crippen LogP contribution in [0.5, 0.6) is 5.75 Å². The van der Waals surface area contributed by atoms with Gasteiger partial charge in [-0.25, -0.2) is 14.8 Å². The number of nitrogens with one attached hydrogen (secondary N) is 3. The average Bonchev–Trinajstić information content (AvgIpc) is 3.40. The molecule has 2 amide bonds. The highest BCUT2D eigenvalue weighted by Crippen LogP contribution is 2.33. The number of benzene rings is 1. The lowest BCUT2D eigenvalue weighted by atomic mass is 9.84.